The van der Waals surface area contributed by atoms with E-state index in [1.165, 1.54) is 11.3 Å². The Hall–Kier alpha value is -1.71. The molecule has 0 radical (unpaired) electrons. The van der Waals surface area contributed by atoms with Crippen LogP contribution in [0, 0.1) is 6.92 Å². The molecule has 0 fully saturated rings. The van der Waals surface area contributed by atoms with E-state index in [1.807, 2.05) is 0 Å². The van der Waals surface area contributed by atoms with Crippen molar-refractivity contribution >= 4 is 11.7 Å². The number of benzene rings is 1. The summed E-state index contributed by atoms with van der Waals surface area (Å²) >= 11 is 0. The molecule has 1 rings (SSSR count). The molecule has 0 aliphatic rings. The Morgan fingerprint density at radius 2 is 2.17 bits per heavy atom. The molecule has 0 bridgehead atoms. The molecule has 0 atom stereocenters. The van der Waals surface area contributed by atoms with Gasteiger partial charge in [-0.2, -0.15) is 0 Å². The van der Waals surface area contributed by atoms with Crippen LogP contribution in [0.2, 0.25) is 0 Å². The molecule has 0 saturated heterocycles. The largest absolute Gasteiger partial charge is 0.371 e. The number of rotatable bonds is 7. The number of carbonyl (C=O) groups is 1. The number of anilines is 1. The molecule has 0 spiro atoms. The fourth-order valence-electron chi connectivity index (χ4n) is 1.95. The van der Waals surface area contributed by atoms with Crippen LogP contribution in [0.4, 0.5) is 10.5 Å². The third-order valence-corrected chi connectivity index (χ3v) is 2.76. The zero-order valence-corrected chi connectivity index (χ0v) is 11.3. The minimum Gasteiger partial charge on any atom is -0.371 e. The molecular weight excluding hydrogens is 226 g/mol. The van der Waals surface area contributed by atoms with Crippen molar-refractivity contribution in [1.82, 2.24) is 5.32 Å². The van der Waals surface area contributed by atoms with E-state index in [1.54, 1.807) is 0 Å². The van der Waals surface area contributed by atoms with E-state index in [0.29, 0.717) is 6.54 Å². The Labute approximate surface area is 109 Å². The van der Waals surface area contributed by atoms with E-state index in [9.17, 15) is 4.79 Å². The van der Waals surface area contributed by atoms with Gasteiger partial charge in [0.05, 0.1) is 0 Å². The SMILES string of the molecule is CCCN(CCCNC(N)=O)c1cccc(C)c1. The van der Waals surface area contributed by atoms with Crippen LogP contribution >= 0.6 is 0 Å². The van der Waals surface area contributed by atoms with Crippen molar-refractivity contribution in [2.24, 2.45) is 5.73 Å². The highest BCUT2D eigenvalue weighted by atomic mass is 16.2. The fourth-order valence-corrected chi connectivity index (χ4v) is 1.95. The van der Waals surface area contributed by atoms with Crippen LogP contribution in [0.3, 0.4) is 0 Å². The van der Waals surface area contributed by atoms with Crippen LogP contribution in [0.1, 0.15) is 25.3 Å². The van der Waals surface area contributed by atoms with Crippen LogP contribution in [0.15, 0.2) is 24.3 Å². The van der Waals surface area contributed by atoms with Gasteiger partial charge in [0.25, 0.3) is 0 Å². The highest BCUT2D eigenvalue weighted by molar-refractivity contribution is 5.71. The normalized spacial score (nSPS) is 10.1. The molecule has 4 heteroatoms. The quantitative estimate of drug-likeness (QED) is 0.728. The Kier molecular flexibility index (Phi) is 6.05. The summed E-state index contributed by atoms with van der Waals surface area (Å²) in [6.07, 6.45) is 2.01. The number of nitrogens with zero attached hydrogens (tertiary/aromatic N) is 1. The van der Waals surface area contributed by atoms with Crippen LogP contribution in [-0.2, 0) is 0 Å². The smallest absolute Gasteiger partial charge is 0.312 e. The molecular formula is C14H23N3O. The number of nitrogens with two attached hydrogens (primary N) is 1. The first-order valence-electron chi connectivity index (χ1n) is 6.48. The number of carbonyl (C=O) groups excluding carboxylic acids is 1. The van der Waals surface area contributed by atoms with Gasteiger partial charge in [0.2, 0.25) is 0 Å². The second-order valence-corrected chi connectivity index (χ2v) is 4.47. The number of nitrogens with one attached hydrogen (secondary N) is 1. The van der Waals surface area contributed by atoms with Crippen LogP contribution < -0.4 is 16.0 Å². The molecule has 0 unspecified atom stereocenters. The van der Waals surface area contributed by atoms with E-state index >= 15 is 0 Å². The number of hydrogen-bond acceptors (Lipinski definition) is 2. The standard InChI is InChI=1S/C14H23N3O/c1-3-9-17(10-5-8-16-14(15)18)13-7-4-6-12(2)11-13/h4,6-7,11H,3,5,8-10H2,1-2H3,(H3,15,16,18). The van der Waals surface area contributed by atoms with Gasteiger partial charge < -0.3 is 16.0 Å². The maximum Gasteiger partial charge on any atom is 0.312 e. The molecule has 0 aliphatic heterocycles. The molecule has 0 heterocycles. The Morgan fingerprint density at radius 1 is 1.39 bits per heavy atom. The van der Waals surface area contributed by atoms with Crippen LogP contribution in [0.25, 0.3) is 0 Å². The second kappa shape index (κ2) is 7.58. The highest BCUT2D eigenvalue weighted by Crippen LogP contribution is 2.16. The fraction of sp³-hybridized carbons (Fsp3) is 0.500. The van der Waals surface area contributed by atoms with E-state index in [2.05, 4.69) is 48.3 Å². The Balaban J connectivity index is 2.51. The summed E-state index contributed by atoms with van der Waals surface area (Å²) in [4.78, 5) is 12.9. The highest BCUT2D eigenvalue weighted by Gasteiger charge is 2.05. The number of hydrogen-bond donors (Lipinski definition) is 2. The number of primary amides is 1. The van der Waals surface area contributed by atoms with Crippen molar-refractivity contribution in [1.29, 1.82) is 0 Å². The molecule has 4 nitrogen and oxygen atoms in total. The number of aryl methyl sites for hydroxylation is 1. The van der Waals surface area contributed by atoms with Crippen molar-refractivity contribution in [2.45, 2.75) is 26.7 Å². The minimum atomic E-state index is -0.451. The molecule has 3 N–H and O–H groups in total. The van der Waals surface area contributed by atoms with Gasteiger partial charge in [0.1, 0.15) is 0 Å². The summed E-state index contributed by atoms with van der Waals surface area (Å²) in [6.45, 7) is 6.85. The van der Waals surface area contributed by atoms with E-state index in [4.69, 9.17) is 5.73 Å². The van der Waals surface area contributed by atoms with Gasteiger partial charge in [-0.25, -0.2) is 4.79 Å². The lowest BCUT2D eigenvalue weighted by atomic mass is 10.2. The summed E-state index contributed by atoms with van der Waals surface area (Å²) in [6, 6.07) is 8.05. The van der Waals surface area contributed by atoms with E-state index in [-0.39, 0.29) is 0 Å². The Bertz CT molecular complexity index is 379. The topological polar surface area (TPSA) is 58.4 Å². The van der Waals surface area contributed by atoms with Gasteiger partial charge in [0, 0.05) is 25.3 Å². The van der Waals surface area contributed by atoms with Gasteiger partial charge in [-0.05, 0) is 37.5 Å². The van der Waals surface area contributed by atoms with Gasteiger partial charge in [-0.1, -0.05) is 19.1 Å². The first-order valence-corrected chi connectivity index (χ1v) is 6.48. The minimum absolute atomic E-state index is 0.451. The van der Waals surface area contributed by atoms with Crippen molar-refractivity contribution in [3.05, 3.63) is 29.8 Å². The first kappa shape index (κ1) is 14.4. The number of amides is 2. The molecule has 1 aromatic carbocycles. The summed E-state index contributed by atoms with van der Waals surface area (Å²) in [5.41, 5.74) is 7.55. The lowest BCUT2D eigenvalue weighted by molar-refractivity contribution is 0.249. The van der Waals surface area contributed by atoms with Crippen molar-refractivity contribution in [3.63, 3.8) is 0 Å². The summed E-state index contributed by atoms with van der Waals surface area (Å²) < 4.78 is 0. The van der Waals surface area contributed by atoms with Crippen molar-refractivity contribution in [3.8, 4) is 0 Å². The zero-order chi connectivity index (χ0) is 13.4. The van der Waals surface area contributed by atoms with Gasteiger partial charge in [-0.15, -0.1) is 0 Å². The molecule has 0 aliphatic carbocycles. The lowest BCUT2D eigenvalue weighted by Gasteiger charge is -2.24. The van der Waals surface area contributed by atoms with Crippen molar-refractivity contribution in [2.75, 3.05) is 24.5 Å². The van der Waals surface area contributed by atoms with E-state index in [0.717, 1.165) is 25.9 Å². The Morgan fingerprint density at radius 3 is 2.78 bits per heavy atom. The summed E-state index contributed by atoms with van der Waals surface area (Å²) in [7, 11) is 0. The predicted octanol–water partition coefficient (Wildman–Crippen LogP) is 2.27. The van der Waals surface area contributed by atoms with Crippen molar-refractivity contribution < 1.29 is 4.79 Å². The molecule has 0 aromatic heterocycles. The van der Waals surface area contributed by atoms with Gasteiger partial charge >= 0.3 is 6.03 Å². The van der Waals surface area contributed by atoms with Crippen LogP contribution in [0.5, 0.6) is 0 Å². The second-order valence-electron chi connectivity index (χ2n) is 4.47. The first-order chi connectivity index (χ1) is 8.63. The lowest BCUT2D eigenvalue weighted by Crippen LogP contribution is -2.33. The third kappa shape index (κ3) is 5.08. The van der Waals surface area contributed by atoms with Gasteiger partial charge in [-0.3, -0.25) is 0 Å². The number of urea groups is 1. The monoisotopic (exact) mass is 249 g/mol. The predicted molar refractivity (Wildman–Crippen MR) is 75.9 cm³/mol. The molecule has 0 saturated carbocycles. The molecule has 18 heavy (non-hydrogen) atoms. The maximum absolute atomic E-state index is 10.6. The molecule has 2 amide bonds. The summed E-state index contributed by atoms with van der Waals surface area (Å²) in [5, 5.41) is 2.62. The molecule has 1 aromatic rings. The van der Waals surface area contributed by atoms with Crippen LogP contribution in [-0.4, -0.2) is 25.7 Å². The maximum atomic E-state index is 10.6. The average Bonchev–Trinajstić information content (AvgIpc) is 2.33. The van der Waals surface area contributed by atoms with E-state index < -0.39 is 6.03 Å². The summed E-state index contributed by atoms with van der Waals surface area (Å²) in [5.74, 6) is 0. The third-order valence-electron chi connectivity index (χ3n) is 2.76. The zero-order valence-electron chi connectivity index (χ0n) is 11.3. The molecule has 100 valence electrons. The van der Waals surface area contributed by atoms with Gasteiger partial charge in [0.15, 0.2) is 0 Å². The average molecular weight is 249 g/mol.